The van der Waals surface area contributed by atoms with E-state index in [2.05, 4.69) is 30.6 Å². The average molecular weight is 393 g/mol. The first-order chi connectivity index (χ1) is 13.3. The topological polar surface area (TPSA) is 199 Å². The van der Waals surface area contributed by atoms with Gasteiger partial charge in [-0.2, -0.15) is 0 Å². The van der Waals surface area contributed by atoms with Crippen molar-refractivity contribution >= 4 is 17.8 Å². The first kappa shape index (κ1) is 21.1. The van der Waals surface area contributed by atoms with E-state index in [1.807, 2.05) is 0 Å². The molecule has 1 amide bonds. The molecule has 0 spiro atoms. The predicted octanol–water partition coefficient (Wildman–Crippen LogP) is -1.75. The van der Waals surface area contributed by atoms with Gasteiger partial charge in [0.25, 0.3) is 0 Å². The van der Waals surface area contributed by atoms with Gasteiger partial charge in [-0.25, -0.2) is 14.8 Å². The number of rotatable bonds is 11. The number of nitrogens with two attached hydrogens (primary N) is 1. The number of aromatic nitrogens is 4. The summed E-state index contributed by atoms with van der Waals surface area (Å²) >= 11 is 0. The third-order valence-electron chi connectivity index (χ3n) is 4.14. The van der Waals surface area contributed by atoms with Crippen LogP contribution in [0.1, 0.15) is 18.3 Å². The van der Waals surface area contributed by atoms with Crippen molar-refractivity contribution in [3.8, 4) is 0 Å². The molecule has 0 bridgehead atoms. The smallest absolute Gasteiger partial charge is 0.327 e. The van der Waals surface area contributed by atoms with Crippen LogP contribution in [0, 0.1) is 0 Å². The van der Waals surface area contributed by atoms with E-state index in [-0.39, 0.29) is 12.8 Å². The van der Waals surface area contributed by atoms with Gasteiger partial charge in [-0.15, -0.1) is 0 Å². The molecule has 0 aliphatic rings. The molecule has 0 radical (unpaired) electrons. The lowest BCUT2D eigenvalue weighted by atomic mass is 10.1. The Morgan fingerprint density at radius 2 is 1.64 bits per heavy atom. The summed E-state index contributed by atoms with van der Waals surface area (Å²) in [6.07, 6.45) is 6.07. The number of carboxylic acid groups (broad SMARTS) is 2. The SMILES string of the molecule is C[C@@H](N[C@@H](Cc1cnc[nH]1)C(=O)O)[C@H](NC(=O)[C@@H](N)Cc1cnc[nH]1)C(=O)O. The lowest BCUT2D eigenvalue weighted by Crippen LogP contribution is -2.59. The Kier molecular flexibility index (Phi) is 7.23. The van der Waals surface area contributed by atoms with Crippen LogP contribution >= 0.6 is 0 Å². The highest BCUT2D eigenvalue weighted by atomic mass is 16.4. The van der Waals surface area contributed by atoms with Gasteiger partial charge in [-0.05, 0) is 6.92 Å². The predicted molar refractivity (Wildman–Crippen MR) is 96.1 cm³/mol. The Bertz CT molecular complexity index is 777. The van der Waals surface area contributed by atoms with Crippen molar-refractivity contribution in [2.45, 2.75) is 43.9 Å². The number of aromatic amines is 2. The van der Waals surface area contributed by atoms with E-state index in [4.69, 9.17) is 5.73 Å². The highest BCUT2D eigenvalue weighted by Crippen LogP contribution is 2.04. The van der Waals surface area contributed by atoms with Gasteiger partial charge in [0.15, 0.2) is 0 Å². The molecule has 2 heterocycles. The van der Waals surface area contributed by atoms with Gasteiger partial charge >= 0.3 is 11.9 Å². The van der Waals surface area contributed by atoms with Crippen molar-refractivity contribution in [1.29, 1.82) is 0 Å². The summed E-state index contributed by atoms with van der Waals surface area (Å²) in [5, 5.41) is 23.9. The molecule has 0 fully saturated rings. The number of hydrogen-bond acceptors (Lipinski definition) is 7. The van der Waals surface area contributed by atoms with Gasteiger partial charge in [0.2, 0.25) is 5.91 Å². The van der Waals surface area contributed by atoms with E-state index in [1.165, 1.54) is 32.0 Å². The Hall–Kier alpha value is -3.25. The first-order valence-corrected chi connectivity index (χ1v) is 8.50. The molecule has 0 aliphatic carbocycles. The summed E-state index contributed by atoms with van der Waals surface area (Å²) in [5.41, 5.74) is 7.02. The molecule has 2 aromatic heterocycles. The van der Waals surface area contributed by atoms with Gasteiger partial charge in [-0.3, -0.25) is 14.9 Å². The zero-order chi connectivity index (χ0) is 20.7. The van der Waals surface area contributed by atoms with E-state index >= 15 is 0 Å². The maximum absolute atomic E-state index is 12.3. The first-order valence-electron chi connectivity index (χ1n) is 8.50. The van der Waals surface area contributed by atoms with Gasteiger partial charge in [0.1, 0.15) is 12.1 Å². The minimum absolute atomic E-state index is 0.0687. The number of nitrogens with zero attached hydrogens (tertiary/aromatic N) is 2. The highest BCUT2D eigenvalue weighted by molar-refractivity contribution is 5.87. The van der Waals surface area contributed by atoms with E-state index in [0.29, 0.717) is 11.4 Å². The number of nitrogens with one attached hydrogen (secondary N) is 4. The fourth-order valence-corrected chi connectivity index (χ4v) is 2.63. The lowest BCUT2D eigenvalue weighted by molar-refractivity contribution is -0.144. The number of imidazole rings is 2. The maximum atomic E-state index is 12.3. The van der Waals surface area contributed by atoms with Crippen LogP contribution in [-0.2, 0) is 27.2 Å². The summed E-state index contributed by atoms with van der Waals surface area (Å²) in [4.78, 5) is 48.6. The summed E-state index contributed by atoms with van der Waals surface area (Å²) in [7, 11) is 0. The van der Waals surface area contributed by atoms with Gasteiger partial charge < -0.3 is 31.2 Å². The molecule has 12 heteroatoms. The van der Waals surface area contributed by atoms with E-state index < -0.39 is 42.0 Å². The molecule has 0 aliphatic heterocycles. The molecule has 4 atom stereocenters. The molecule has 0 aromatic carbocycles. The Labute approximate surface area is 160 Å². The van der Waals surface area contributed by atoms with Crippen LogP contribution in [0.15, 0.2) is 25.0 Å². The normalized spacial score (nSPS) is 15.4. The molecule has 152 valence electrons. The van der Waals surface area contributed by atoms with Crippen molar-refractivity contribution < 1.29 is 24.6 Å². The minimum Gasteiger partial charge on any atom is -0.480 e. The fourth-order valence-electron chi connectivity index (χ4n) is 2.63. The molecular weight excluding hydrogens is 370 g/mol. The zero-order valence-corrected chi connectivity index (χ0v) is 15.1. The molecule has 0 saturated carbocycles. The number of hydrogen-bond donors (Lipinski definition) is 7. The number of amides is 1. The van der Waals surface area contributed by atoms with Crippen molar-refractivity contribution in [1.82, 2.24) is 30.6 Å². The standard InChI is InChI=1S/C16H23N7O5/c1-8(22-12(15(25)26)3-10-5-19-7-21-10)13(16(27)28)23-14(24)11(17)2-9-4-18-6-20-9/h4-8,11-13,22H,2-3,17H2,1H3,(H,18,20)(H,19,21)(H,23,24)(H,25,26)(H,27,28)/t8-,11+,12+,13+/m1/s1. The van der Waals surface area contributed by atoms with Crippen molar-refractivity contribution in [2.24, 2.45) is 5.73 Å². The van der Waals surface area contributed by atoms with Crippen LogP contribution < -0.4 is 16.4 Å². The van der Waals surface area contributed by atoms with Crippen LogP contribution in [0.5, 0.6) is 0 Å². The Morgan fingerprint density at radius 1 is 1.07 bits per heavy atom. The number of H-pyrrole nitrogens is 2. The number of carboxylic acids is 2. The number of aliphatic carboxylic acids is 2. The van der Waals surface area contributed by atoms with Crippen LogP contribution in [0.4, 0.5) is 0 Å². The second kappa shape index (κ2) is 9.62. The van der Waals surface area contributed by atoms with E-state index in [1.54, 1.807) is 0 Å². The quantitative estimate of drug-likeness (QED) is 0.231. The molecule has 0 unspecified atom stereocenters. The second-order valence-corrected chi connectivity index (χ2v) is 6.34. The molecule has 0 saturated heterocycles. The summed E-state index contributed by atoms with van der Waals surface area (Å²) in [5.74, 6) is -3.14. The molecule has 2 aromatic rings. The molecule has 8 N–H and O–H groups in total. The third kappa shape index (κ3) is 5.89. The second-order valence-electron chi connectivity index (χ2n) is 6.34. The molecular formula is C16H23N7O5. The van der Waals surface area contributed by atoms with Crippen LogP contribution in [-0.4, -0.2) is 72.2 Å². The Balaban J connectivity index is 1.99. The summed E-state index contributed by atoms with van der Waals surface area (Å²) < 4.78 is 0. The van der Waals surface area contributed by atoms with Gasteiger partial charge in [0, 0.05) is 42.7 Å². The number of carbonyl (C=O) groups is 3. The van der Waals surface area contributed by atoms with Crippen LogP contribution in [0.2, 0.25) is 0 Å². The zero-order valence-electron chi connectivity index (χ0n) is 15.1. The average Bonchev–Trinajstić information content (AvgIpc) is 3.32. The lowest BCUT2D eigenvalue weighted by Gasteiger charge is -2.26. The van der Waals surface area contributed by atoms with E-state index in [0.717, 1.165) is 0 Å². The summed E-state index contributed by atoms with van der Waals surface area (Å²) in [6, 6.07) is -4.32. The van der Waals surface area contributed by atoms with E-state index in [9.17, 15) is 24.6 Å². The summed E-state index contributed by atoms with van der Waals surface area (Å²) in [6.45, 7) is 1.47. The molecule has 12 nitrogen and oxygen atoms in total. The van der Waals surface area contributed by atoms with Gasteiger partial charge in [0.05, 0.1) is 18.7 Å². The van der Waals surface area contributed by atoms with Gasteiger partial charge in [-0.1, -0.05) is 0 Å². The maximum Gasteiger partial charge on any atom is 0.327 e. The molecule has 2 rings (SSSR count). The fraction of sp³-hybridized carbons (Fsp3) is 0.438. The van der Waals surface area contributed by atoms with Crippen molar-refractivity contribution in [3.63, 3.8) is 0 Å². The number of carbonyl (C=O) groups excluding carboxylic acids is 1. The van der Waals surface area contributed by atoms with Crippen LogP contribution in [0.3, 0.4) is 0 Å². The molecule has 28 heavy (non-hydrogen) atoms. The third-order valence-corrected chi connectivity index (χ3v) is 4.14. The van der Waals surface area contributed by atoms with Crippen LogP contribution in [0.25, 0.3) is 0 Å². The van der Waals surface area contributed by atoms with Crippen molar-refractivity contribution in [3.05, 3.63) is 36.4 Å². The highest BCUT2D eigenvalue weighted by Gasteiger charge is 2.31. The monoisotopic (exact) mass is 393 g/mol. The van der Waals surface area contributed by atoms with Crippen molar-refractivity contribution in [2.75, 3.05) is 0 Å². The Morgan fingerprint density at radius 3 is 2.11 bits per heavy atom. The largest absolute Gasteiger partial charge is 0.480 e. The minimum atomic E-state index is -1.37.